The molecule has 1 aromatic carbocycles. The zero-order chi connectivity index (χ0) is 17.9. The zero-order valence-corrected chi connectivity index (χ0v) is 14.6. The van der Waals surface area contributed by atoms with E-state index >= 15 is 0 Å². The topological polar surface area (TPSA) is 107 Å². The molecule has 1 saturated heterocycles. The summed E-state index contributed by atoms with van der Waals surface area (Å²) in [7, 11) is -3.57. The van der Waals surface area contributed by atoms with Gasteiger partial charge in [0.15, 0.2) is 6.61 Å². The van der Waals surface area contributed by atoms with Crippen molar-refractivity contribution in [1.29, 1.82) is 0 Å². The van der Waals surface area contributed by atoms with Crippen LogP contribution in [0.15, 0.2) is 23.1 Å². The second-order valence-corrected chi connectivity index (χ2v) is 7.94. The first-order valence-electron chi connectivity index (χ1n) is 7.74. The van der Waals surface area contributed by atoms with Gasteiger partial charge in [-0.15, -0.1) is 0 Å². The molecule has 0 spiro atoms. The third kappa shape index (κ3) is 4.12. The maximum Gasteiger partial charge on any atom is 0.309 e. The average Bonchev–Trinajstić information content (AvgIpc) is 2.55. The smallest absolute Gasteiger partial charge is 0.309 e. The predicted octanol–water partition coefficient (Wildman–Crippen LogP) is 0.733. The van der Waals surface area contributed by atoms with Gasteiger partial charge in [0.2, 0.25) is 10.0 Å². The molecule has 0 aromatic heterocycles. The van der Waals surface area contributed by atoms with Crippen LogP contribution in [0.25, 0.3) is 0 Å². The molecule has 1 amide bonds. The van der Waals surface area contributed by atoms with Gasteiger partial charge in [-0.1, -0.05) is 6.07 Å². The van der Waals surface area contributed by atoms with E-state index in [9.17, 15) is 18.0 Å². The molecule has 132 valence electrons. The number of piperidine rings is 1. The van der Waals surface area contributed by atoms with Crippen LogP contribution in [-0.2, 0) is 24.3 Å². The summed E-state index contributed by atoms with van der Waals surface area (Å²) in [6.45, 7) is 3.83. The van der Waals surface area contributed by atoms with Crippen LogP contribution in [0.1, 0.15) is 24.0 Å². The van der Waals surface area contributed by atoms with Crippen LogP contribution in [-0.4, -0.2) is 44.3 Å². The highest BCUT2D eigenvalue weighted by Gasteiger charge is 2.33. The highest BCUT2D eigenvalue weighted by Crippen LogP contribution is 2.25. The Kier molecular flexibility index (Phi) is 5.61. The minimum Gasteiger partial charge on any atom is -0.455 e. The summed E-state index contributed by atoms with van der Waals surface area (Å²) in [6, 6.07) is 5.05. The zero-order valence-electron chi connectivity index (χ0n) is 13.8. The molecule has 1 heterocycles. The van der Waals surface area contributed by atoms with Gasteiger partial charge in [0, 0.05) is 13.1 Å². The Labute approximate surface area is 141 Å². The molecule has 1 fully saturated rings. The second kappa shape index (κ2) is 7.31. The van der Waals surface area contributed by atoms with Crippen molar-refractivity contribution in [2.75, 3.05) is 19.7 Å². The average molecular weight is 354 g/mol. The quantitative estimate of drug-likeness (QED) is 0.785. The number of aryl methyl sites for hydroxylation is 2. The third-order valence-electron chi connectivity index (χ3n) is 4.26. The van der Waals surface area contributed by atoms with Gasteiger partial charge in [0.25, 0.3) is 5.91 Å². The monoisotopic (exact) mass is 354 g/mol. The fraction of sp³-hybridized carbons (Fsp3) is 0.500. The number of rotatable bonds is 5. The Bertz CT molecular complexity index is 737. The summed E-state index contributed by atoms with van der Waals surface area (Å²) in [5, 5.41) is 0. The van der Waals surface area contributed by atoms with Crippen molar-refractivity contribution in [3.05, 3.63) is 29.3 Å². The number of benzene rings is 1. The van der Waals surface area contributed by atoms with Crippen LogP contribution < -0.4 is 5.73 Å². The molecule has 2 rings (SSSR count). The van der Waals surface area contributed by atoms with E-state index in [1.807, 2.05) is 13.8 Å². The highest BCUT2D eigenvalue weighted by atomic mass is 32.2. The van der Waals surface area contributed by atoms with Gasteiger partial charge in [0.05, 0.1) is 10.8 Å². The largest absolute Gasteiger partial charge is 0.455 e. The number of nitrogens with zero attached hydrogens (tertiary/aromatic N) is 1. The molecule has 0 aliphatic carbocycles. The Hall–Kier alpha value is -1.93. The van der Waals surface area contributed by atoms with Gasteiger partial charge in [-0.25, -0.2) is 8.42 Å². The molecule has 0 bridgehead atoms. The van der Waals surface area contributed by atoms with E-state index in [-0.39, 0.29) is 18.0 Å². The van der Waals surface area contributed by atoms with Gasteiger partial charge in [-0.05, 0) is 49.9 Å². The molecule has 8 heteroatoms. The van der Waals surface area contributed by atoms with Gasteiger partial charge in [-0.3, -0.25) is 9.59 Å². The number of nitrogens with two attached hydrogens (primary N) is 1. The molecule has 1 aliphatic rings. The molecule has 1 aromatic rings. The van der Waals surface area contributed by atoms with Gasteiger partial charge in [0.1, 0.15) is 0 Å². The summed E-state index contributed by atoms with van der Waals surface area (Å²) in [4.78, 5) is 22.7. The lowest BCUT2D eigenvalue weighted by molar-refractivity contribution is -0.153. The van der Waals surface area contributed by atoms with Crippen LogP contribution in [0.5, 0.6) is 0 Å². The third-order valence-corrected chi connectivity index (χ3v) is 6.15. The molecule has 0 saturated carbocycles. The van der Waals surface area contributed by atoms with E-state index in [0.29, 0.717) is 12.8 Å². The van der Waals surface area contributed by atoms with Gasteiger partial charge in [-0.2, -0.15) is 4.31 Å². The predicted molar refractivity (Wildman–Crippen MR) is 87.6 cm³/mol. The Morgan fingerprint density at radius 3 is 2.38 bits per heavy atom. The van der Waals surface area contributed by atoms with Crippen molar-refractivity contribution in [3.63, 3.8) is 0 Å². The van der Waals surface area contributed by atoms with Crippen molar-refractivity contribution in [2.24, 2.45) is 11.7 Å². The van der Waals surface area contributed by atoms with Crippen molar-refractivity contribution >= 4 is 21.9 Å². The molecular formula is C16H22N2O5S. The van der Waals surface area contributed by atoms with Crippen LogP contribution in [0.3, 0.4) is 0 Å². The number of esters is 1. The molecule has 0 radical (unpaired) electrons. The standard InChI is InChI=1S/C16H22N2O5S/c1-11-3-4-14(9-12(11)2)24(21,22)18-7-5-13(6-8-18)16(20)23-10-15(17)19/h3-4,9,13H,5-8,10H2,1-2H3,(H2,17,19). The van der Waals surface area contributed by atoms with E-state index in [1.165, 1.54) is 4.31 Å². The lowest BCUT2D eigenvalue weighted by Crippen LogP contribution is -2.41. The molecule has 24 heavy (non-hydrogen) atoms. The minimum atomic E-state index is -3.57. The number of hydrogen-bond acceptors (Lipinski definition) is 5. The second-order valence-electron chi connectivity index (χ2n) is 6.00. The van der Waals surface area contributed by atoms with Crippen molar-refractivity contribution in [3.8, 4) is 0 Å². The van der Waals surface area contributed by atoms with Crippen molar-refractivity contribution in [1.82, 2.24) is 4.31 Å². The molecule has 7 nitrogen and oxygen atoms in total. The fourth-order valence-corrected chi connectivity index (χ4v) is 4.17. The highest BCUT2D eigenvalue weighted by molar-refractivity contribution is 7.89. The van der Waals surface area contributed by atoms with E-state index in [4.69, 9.17) is 10.5 Å². The number of sulfonamides is 1. The Morgan fingerprint density at radius 2 is 1.83 bits per heavy atom. The van der Waals surface area contributed by atoms with Crippen LogP contribution in [0.2, 0.25) is 0 Å². The first kappa shape index (κ1) is 18.4. The lowest BCUT2D eigenvalue weighted by Gasteiger charge is -2.30. The maximum absolute atomic E-state index is 12.7. The number of ether oxygens (including phenoxy) is 1. The summed E-state index contributed by atoms with van der Waals surface area (Å²) < 4.78 is 31.6. The lowest BCUT2D eigenvalue weighted by atomic mass is 9.98. The SMILES string of the molecule is Cc1ccc(S(=O)(=O)N2CCC(C(=O)OCC(N)=O)CC2)cc1C. The van der Waals surface area contributed by atoms with Crippen molar-refractivity contribution in [2.45, 2.75) is 31.6 Å². The van der Waals surface area contributed by atoms with E-state index in [0.717, 1.165) is 11.1 Å². The number of hydrogen-bond donors (Lipinski definition) is 1. The van der Waals surface area contributed by atoms with Crippen molar-refractivity contribution < 1.29 is 22.7 Å². The number of carbonyl (C=O) groups excluding carboxylic acids is 2. The van der Waals surface area contributed by atoms with Crippen LogP contribution >= 0.6 is 0 Å². The molecule has 2 N–H and O–H groups in total. The molecule has 0 unspecified atom stereocenters. The Balaban J connectivity index is 2.01. The number of primary amides is 1. The minimum absolute atomic E-state index is 0.242. The first-order valence-corrected chi connectivity index (χ1v) is 9.18. The van der Waals surface area contributed by atoms with E-state index in [1.54, 1.807) is 18.2 Å². The van der Waals surface area contributed by atoms with Gasteiger partial charge < -0.3 is 10.5 Å². The molecular weight excluding hydrogens is 332 g/mol. The molecule has 0 atom stereocenters. The fourth-order valence-electron chi connectivity index (χ4n) is 2.62. The van der Waals surface area contributed by atoms with Crippen LogP contribution in [0, 0.1) is 19.8 Å². The van der Waals surface area contributed by atoms with Gasteiger partial charge >= 0.3 is 5.97 Å². The first-order chi connectivity index (χ1) is 11.2. The summed E-state index contributed by atoms with van der Waals surface area (Å²) >= 11 is 0. The normalized spacial score (nSPS) is 16.8. The summed E-state index contributed by atoms with van der Waals surface area (Å²) in [6.07, 6.45) is 0.726. The molecule has 1 aliphatic heterocycles. The summed E-state index contributed by atoms with van der Waals surface area (Å²) in [5.74, 6) is -1.62. The maximum atomic E-state index is 12.7. The number of carbonyl (C=O) groups is 2. The van der Waals surface area contributed by atoms with E-state index in [2.05, 4.69) is 0 Å². The van der Waals surface area contributed by atoms with E-state index < -0.39 is 34.4 Å². The summed E-state index contributed by atoms with van der Waals surface area (Å²) in [5.41, 5.74) is 6.88. The number of amides is 1. The van der Waals surface area contributed by atoms with Crippen LogP contribution in [0.4, 0.5) is 0 Å². The Morgan fingerprint density at radius 1 is 1.21 bits per heavy atom.